The van der Waals surface area contributed by atoms with Gasteiger partial charge in [-0.2, -0.15) is 5.10 Å². The summed E-state index contributed by atoms with van der Waals surface area (Å²) in [4.78, 5) is 15.7. The minimum atomic E-state index is 0.207. The topological polar surface area (TPSA) is 69.0 Å². The van der Waals surface area contributed by atoms with Crippen LogP contribution in [0.1, 0.15) is 18.4 Å². The molecule has 7 heteroatoms. The number of hydrogen-bond acceptors (Lipinski definition) is 6. The maximum atomic E-state index is 6.01. The first-order chi connectivity index (χ1) is 12.7. The molecule has 7 nitrogen and oxygen atoms in total. The van der Waals surface area contributed by atoms with Gasteiger partial charge >= 0.3 is 0 Å². The average molecular weight is 350 g/mol. The highest BCUT2D eigenvalue weighted by Crippen LogP contribution is 2.25. The average Bonchev–Trinajstić information content (AvgIpc) is 3.10. The van der Waals surface area contributed by atoms with Crippen molar-refractivity contribution < 1.29 is 4.74 Å². The molecule has 0 bridgehead atoms. The molecule has 0 amide bonds. The number of anilines is 1. The van der Waals surface area contributed by atoms with Gasteiger partial charge in [0, 0.05) is 57.1 Å². The van der Waals surface area contributed by atoms with Crippen LogP contribution in [-0.2, 0) is 7.05 Å². The molecule has 0 aromatic carbocycles. The highest BCUT2D eigenvalue weighted by Gasteiger charge is 2.23. The van der Waals surface area contributed by atoms with Crippen molar-refractivity contribution in [2.45, 2.75) is 25.9 Å². The second-order valence-electron chi connectivity index (χ2n) is 6.60. The molecule has 0 aliphatic carbocycles. The predicted octanol–water partition coefficient (Wildman–Crippen LogP) is 2.63. The lowest BCUT2D eigenvalue weighted by Crippen LogP contribution is -2.39. The van der Waals surface area contributed by atoms with Gasteiger partial charge in [0.05, 0.1) is 18.1 Å². The molecule has 1 fully saturated rings. The number of ether oxygens (including phenoxy) is 1. The lowest BCUT2D eigenvalue weighted by atomic mass is 10.1. The van der Waals surface area contributed by atoms with Gasteiger partial charge in [0.1, 0.15) is 11.9 Å². The lowest BCUT2D eigenvalue weighted by Gasteiger charge is -2.32. The van der Waals surface area contributed by atoms with Gasteiger partial charge in [-0.1, -0.05) is 0 Å². The van der Waals surface area contributed by atoms with E-state index in [0.717, 1.165) is 54.4 Å². The van der Waals surface area contributed by atoms with Crippen molar-refractivity contribution in [1.29, 1.82) is 0 Å². The second-order valence-corrected chi connectivity index (χ2v) is 6.60. The summed E-state index contributed by atoms with van der Waals surface area (Å²) in [5, 5.41) is 4.25. The monoisotopic (exact) mass is 350 g/mol. The number of nitrogens with zero attached hydrogens (tertiary/aromatic N) is 6. The number of rotatable bonds is 4. The van der Waals surface area contributed by atoms with E-state index in [0.29, 0.717) is 0 Å². The van der Waals surface area contributed by atoms with Gasteiger partial charge in [0.25, 0.3) is 0 Å². The molecule has 4 heterocycles. The Morgan fingerprint density at radius 1 is 1.15 bits per heavy atom. The molecule has 3 aromatic heterocycles. The van der Waals surface area contributed by atoms with E-state index in [1.165, 1.54) is 0 Å². The highest BCUT2D eigenvalue weighted by atomic mass is 16.5. The maximum Gasteiger partial charge on any atom is 0.225 e. The minimum Gasteiger partial charge on any atom is -0.489 e. The van der Waals surface area contributed by atoms with Gasteiger partial charge in [0.15, 0.2) is 0 Å². The molecule has 0 saturated carbocycles. The van der Waals surface area contributed by atoms with E-state index in [2.05, 4.69) is 20.0 Å². The minimum absolute atomic E-state index is 0.207. The second kappa shape index (κ2) is 7.11. The van der Waals surface area contributed by atoms with Gasteiger partial charge in [-0.15, -0.1) is 0 Å². The molecule has 0 spiro atoms. The van der Waals surface area contributed by atoms with Crippen LogP contribution >= 0.6 is 0 Å². The van der Waals surface area contributed by atoms with Gasteiger partial charge < -0.3 is 9.64 Å². The van der Waals surface area contributed by atoms with Crippen molar-refractivity contribution in [2.24, 2.45) is 7.05 Å². The molecule has 1 aliphatic heterocycles. The highest BCUT2D eigenvalue weighted by molar-refractivity contribution is 5.62. The van der Waals surface area contributed by atoms with Crippen LogP contribution in [0.2, 0.25) is 0 Å². The molecular formula is C19H22N6O. The maximum absolute atomic E-state index is 6.01. The molecule has 1 saturated heterocycles. The summed E-state index contributed by atoms with van der Waals surface area (Å²) in [6, 6.07) is 3.84. The third-order valence-electron chi connectivity index (χ3n) is 4.60. The van der Waals surface area contributed by atoms with Crippen LogP contribution in [0.25, 0.3) is 11.3 Å². The molecule has 0 atom stereocenters. The first-order valence-electron chi connectivity index (χ1n) is 8.83. The number of piperidine rings is 1. The fraction of sp³-hybridized carbons (Fsp3) is 0.368. The van der Waals surface area contributed by atoms with Crippen molar-refractivity contribution in [3.63, 3.8) is 0 Å². The predicted molar refractivity (Wildman–Crippen MR) is 99.1 cm³/mol. The first kappa shape index (κ1) is 16.5. The Labute approximate surface area is 152 Å². The Morgan fingerprint density at radius 3 is 2.69 bits per heavy atom. The van der Waals surface area contributed by atoms with Gasteiger partial charge in [0.2, 0.25) is 5.95 Å². The van der Waals surface area contributed by atoms with E-state index >= 15 is 0 Å². The van der Waals surface area contributed by atoms with Crippen molar-refractivity contribution in [1.82, 2.24) is 24.7 Å². The van der Waals surface area contributed by atoms with Crippen molar-refractivity contribution >= 4 is 5.95 Å². The molecule has 0 radical (unpaired) electrons. The molecule has 26 heavy (non-hydrogen) atoms. The summed E-state index contributed by atoms with van der Waals surface area (Å²) in [7, 11) is 1.91. The summed E-state index contributed by atoms with van der Waals surface area (Å²) in [6.45, 7) is 3.78. The van der Waals surface area contributed by atoms with Gasteiger partial charge in [-0.25, -0.2) is 9.97 Å². The standard InChI is InChI=1S/C19H22N6O/c1-14-10-21-19(23-18(14)15-11-22-24(2)13-15)25-8-5-16(6-9-25)26-17-4-3-7-20-12-17/h3-4,7,10-13,16H,5-6,8-9H2,1-2H3. The van der Waals surface area contributed by atoms with E-state index in [1.54, 1.807) is 17.1 Å². The van der Waals surface area contributed by atoms with Crippen LogP contribution in [0.4, 0.5) is 5.95 Å². The molecule has 0 unspecified atom stereocenters. The molecule has 0 N–H and O–H groups in total. The summed E-state index contributed by atoms with van der Waals surface area (Å²) >= 11 is 0. The molecular weight excluding hydrogens is 328 g/mol. The summed E-state index contributed by atoms with van der Waals surface area (Å²) in [6.07, 6.45) is 11.3. The first-order valence-corrected chi connectivity index (χ1v) is 8.83. The summed E-state index contributed by atoms with van der Waals surface area (Å²) in [5.41, 5.74) is 3.01. The fourth-order valence-electron chi connectivity index (χ4n) is 3.20. The van der Waals surface area contributed by atoms with Gasteiger partial charge in [-0.3, -0.25) is 9.67 Å². The Hall–Kier alpha value is -2.96. The summed E-state index contributed by atoms with van der Waals surface area (Å²) < 4.78 is 7.80. The van der Waals surface area contributed by atoms with E-state index in [-0.39, 0.29) is 6.10 Å². The van der Waals surface area contributed by atoms with Crippen LogP contribution < -0.4 is 9.64 Å². The zero-order valence-corrected chi connectivity index (χ0v) is 15.0. The Kier molecular flexibility index (Phi) is 4.51. The van der Waals surface area contributed by atoms with Crippen LogP contribution in [0, 0.1) is 6.92 Å². The molecule has 134 valence electrons. The zero-order valence-electron chi connectivity index (χ0n) is 15.0. The molecule has 1 aliphatic rings. The Balaban J connectivity index is 1.44. The van der Waals surface area contributed by atoms with E-state index in [1.807, 2.05) is 44.7 Å². The lowest BCUT2D eigenvalue weighted by molar-refractivity contribution is 0.170. The molecule has 3 aromatic rings. The fourth-order valence-corrected chi connectivity index (χ4v) is 3.20. The van der Waals surface area contributed by atoms with Gasteiger partial charge in [-0.05, 0) is 24.6 Å². The smallest absolute Gasteiger partial charge is 0.225 e. The number of aryl methyl sites for hydroxylation is 2. The molecule has 4 rings (SSSR count). The van der Waals surface area contributed by atoms with E-state index in [9.17, 15) is 0 Å². The van der Waals surface area contributed by atoms with E-state index < -0.39 is 0 Å². The largest absolute Gasteiger partial charge is 0.489 e. The van der Waals surface area contributed by atoms with Crippen molar-refractivity contribution in [2.75, 3.05) is 18.0 Å². The quantitative estimate of drug-likeness (QED) is 0.720. The Bertz CT molecular complexity index is 871. The zero-order chi connectivity index (χ0) is 17.9. The SMILES string of the molecule is Cc1cnc(N2CCC(Oc3cccnc3)CC2)nc1-c1cnn(C)c1. The number of aromatic nitrogens is 5. The number of pyridine rings is 1. The van der Waals surface area contributed by atoms with Crippen molar-refractivity contribution in [3.8, 4) is 17.0 Å². The van der Waals surface area contributed by atoms with Crippen LogP contribution in [0.5, 0.6) is 5.75 Å². The number of hydrogen-bond donors (Lipinski definition) is 0. The van der Waals surface area contributed by atoms with Crippen LogP contribution in [0.3, 0.4) is 0 Å². The van der Waals surface area contributed by atoms with Crippen LogP contribution in [0.15, 0.2) is 43.1 Å². The third kappa shape index (κ3) is 3.51. The van der Waals surface area contributed by atoms with Crippen LogP contribution in [-0.4, -0.2) is 43.9 Å². The van der Waals surface area contributed by atoms with E-state index in [4.69, 9.17) is 9.72 Å². The summed E-state index contributed by atoms with van der Waals surface area (Å²) in [5.74, 6) is 1.60. The third-order valence-corrected chi connectivity index (χ3v) is 4.60. The normalized spacial score (nSPS) is 15.2. The Morgan fingerprint density at radius 2 is 2.00 bits per heavy atom. The van der Waals surface area contributed by atoms with Crippen molar-refractivity contribution in [3.05, 3.63) is 48.7 Å².